The number of benzene rings is 1. The first kappa shape index (κ1) is 17.1. The van der Waals surface area contributed by atoms with Gasteiger partial charge in [0.2, 0.25) is 5.91 Å². The lowest BCUT2D eigenvalue weighted by molar-refractivity contribution is -0.384. The summed E-state index contributed by atoms with van der Waals surface area (Å²) in [7, 11) is 1.24. The third-order valence-electron chi connectivity index (χ3n) is 3.27. The van der Waals surface area contributed by atoms with Crippen LogP contribution in [0.2, 0.25) is 0 Å². The van der Waals surface area contributed by atoms with Crippen LogP contribution in [0.5, 0.6) is 0 Å². The number of nitro groups is 1. The molecule has 0 bridgehead atoms. The first-order valence-corrected chi connectivity index (χ1v) is 7.03. The topological polar surface area (TPSA) is 116 Å². The van der Waals surface area contributed by atoms with Crippen LogP contribution in [0.3, 0.4) is 0 Å². The molecule has 2 rings (SSSR count). The number of aromatic nitrogens is 2. The van der Waals surface area contributed by atoms with Gasteiger partial charge in [0.05, 0.1) is 24.1 Å². The number of rotatable bonds is 6. The summed E-state index contributed by atoms with van der Waals surface area (Å²) in [6.45, 7) is 1.31. The largest absolute Gasteiger partial charge is 0.467 e. The van der Waals surface area contributed by atoms with E-state index in [0.29, 0.717) is 11.4 Å². The standard InChI is InChI=1S/C15H16N4O5/c1-10(20)17-14(15(21)24-2)7-11-8-18(9-16-11)12-3-5-13(6-4-12)19(22)23/h3-6,8-9,14H,7H2,1-2H3,(H,17,20)/t14-/m0/s1. The van der Waals surface area contributed by atoms with Crippen LogP contribution >= 0.6 is 0 Å². The fourth-order valence-electron chi connectivity index (χ4n) is 2.15. The van der Waals surface area contributed by atoms with Crippen LogP contribution in [0.1, 0.15) is 12.6 Å². The van der Waals surface area contributed by atoms with E-state index in [0.717, 1.165) is 0 Å². The summed E-state index contributed by atoms with van der Waals surface area (Å²) in [6, 6.07) is 5.14. The van der Waals surface area contributed by atoms with Gasteiger partial charge in [-0.15, -0.1) is 0 Å². The monoisotopic (exact) mass is 332 g/mol. The van der Waals surface area contributed by atoms with E-state index >= 15 is 0 Å². The third-order valence-corrected chi connectivity index (χ3v) is 3.27. The van der Waals surface area contributed by atoms with E-state index < -0.39 is 16.9 Å². The number of nitrogens with zero attached hydrogens (tertiary/aromatic N) is 3. The van der Waals surface area contributed by atoms with E-state index in [1.807, 2.05) is 0 Å². The predicted molar refractivity (Wildman–Crippen MR) is 83.5 cm³/mol. The lowest BCUT2D eigenvalue weighted by atomic mass is 10.1. The Kier molecular flexibility index (Phi) is 5.25. The molecule has 1 N–H and O–H groups in total. The van der Waals surface area contributed by atoms with Gasteiger partial charge < -0.3 is 14.6 Å². The number of hydrogen-bond donors (Lipinski definition) is 1. The zero-order valence-electron chi connectivity index (χ0n) is 13.1. The van der Waals surface area contributed by atoms with E-state index in [-0.39, 0.29) is 18.0 Å². The maximum atomic E-state index is 11.7. The number of carbonyl (C=O) groups excluding carboxylic acids is 2. The highest BCUT2D eigenvalue weighted by Crippen LogP contribution is 2.16. The minimum atomic E-state index is -0.826. The fraction of sp³-hybridized carbons (Fsp3) is 0.267. The lowest BCUT2D eigenvalue weighted by Crippen LogP contribution is -2.42. The molecule has 0 fully saturated rings. The first-order valence-electron chi connectivity index (χ1n) is 7.03. The Hall–Kier alpha value is -3.23. The van der Waals surface area contributed by atoms with Crippen molar-refractivity contribution in [1.82, 2.24) is 14.9 Å². The number of nitro benzene ring substituents is 1. The quantitative estimate of drug-likeness (QED) is 0.479. The van der Waals surface area contributed by atoms with Gasteiger partial charge in [-0.3, -0.25) is 14.9 Å². The summed E-state index contributed by atoms with van der Waals surface area (Å²) in [4.78, 5) is 37.2. The van der Waals surface area contributed by atoms with Crippen molar-refractivity contribution in [2.24, 2.45) is 0 Å². The second-order valence-corrected chi connectivity index (χ2v) is 5.03. The Labute approximate surface area is 137 Å². The molecule has 9 heteroatoms. The summed E-state index contributed by atoms with van der Waals surface area (Å²) in [5, 5.41) is 13.2. The van der Waals surface area contributed by atoms with E-state index in [1.54, 1.807) is 22.9 Å². The highest BCUT2D eigenvalue weighted by atomic mass is 16.6. The zero-order chi connectivity index (χ0) is 17.7. The average Bonchev–Trinajstić information content (AvgIpc) is 3.01. The number of methoxy groups -OCH3 is 1. The maximum absolute atomic E-state index is 11.7. The van der Waals surface area contributed by atoms with Crippen LogP contribution in [0.25, 0.3) is 5.69 Å². The lowest BCUT2D eigenvalue weighted by Gasteiger charge is -2.13. The van der Waals surface area contributed by atoms with Gasteiger partial charge in [-0.2, -0.15) is 0 Å². The number of imidazole rings is 1. The van der Waals surface area contributed by atoms with Gasteiger partial charge in [0.15, 0.2) is 0 Å². The molecule has 0 spiro atoms. The zero-order valence-corrected chi connectivity index (χ0v) is 13.1. The molecule has 0 unspecified atom stereocenters. The van der Waals surface area contributed by atoms with Gasteiger partial charge in [-0.1, -0.05) is 0 Å². The van der Waals surface area contributed by atoms with Gasteiger partial charge in [0.25, 0.3) is 5.69 Å². The minimum absolute atomic E-state index is 0.00416. The van der Waals surface area contributed by atoms with Gasteiger partial charge in [0.1, 0.15) is 6.04 Å². The van der Waals surface area contributed by atoms with E-state index in [9.17, 15) is 19.7 Å². The Morgan fingerprint density at radius 1 is 1.38 bits per heavy atom. The molecule has 0 saturated heterocycles. The highest BCUT2D eigenvalue weighted by Gasteiger charge is 2.21. The van der Waals surface area contributed by atoms with E-state index in [1.165, 1.54) is 32.5 Å². The van der Waals surface area contributed by atoms with Crippen molar-refractivity contribution >= 4 is 17.6 Å². The number of amides is 1. The molecule has 1 heterocycles. The molecule has 2 aromatic rings. The van der Waals surface area contributed by atoms with Crippen molar-refractivity contribution in [1.29, 1.82) is 0 Å². The number of hydrogen-bond acceptors (Lipinski definition) is 6. The SMILES string of the molecule is COC(=O)[C@H](Cc1cn(-c2ccc([N+](=O)[O-])cc2)cn1)NC(C)=O. The van der Waals surface area contributed by atoms with Crippen LogP contribution in [-0.2, 0) is 20.7 Å². The van der Waals surface area contributed by atoms with Crippen LogP contribution in [0.15, 0.2) is 36.8 Å². The van der Waals surface area contributed by atoms with Crippen molar-refractivity contribution in [3.05, 3.63) is 52.6 Å². The second-order valence-electron chi connectivity index (χ2n) is 5.03. The van der Waals surface area contributed by atoms with Crippen LogP contribution in [0.4, 0.5) is 5.69 Å². The molecule has 0 aliphatic rings. The van der Waals surface area contributed by atoms with Crippen LogP contribution in [-0.4, -0.2) is 39.5 Å². The molecule has 0 radical (unpaired) electrons. The second kappa shape index (κ2) is 7.36. The molecule has 0 saturated carbocycles. The molecule has 24 heavy (non-hydrogen) atoms. The van der Waals surface area contributed by atoms with Crippen molar-refractivity contribution in [2.75, 3.05) is 7.11 Å². The van der Waals surface area contributed by atoms with Crippen LogP contribution < -0.4 is 5.32 Å². The highest BCUT2D eigenvalue weighted by molar-refractivity contribution is 5.83. The molecule has 1 aromatic carbocycles. The van der Waals surface area contributed by atoms with Gasteiger partial charge >= 0.3 is 5.97 Å². The van der Waals surface area contributed by atoms with Crippen LogP contribution in [0, 0.1) is 10.1 Å². The number of carbonyl (C=O) groups is 2. The molecule has 0 aliphatic carbocycles. The summed E-state index contributed by atoms with van der Waals surface area (Å²) >= 11 is 0. The molecule has 1 aromatic heterocycles. The number of ether oxygens (including phenoxy) is 1. The molecule has 1 atom stereocenters. The van der Waals surface area contributed by atoms with E-state index in [2.05, 4.69) is 15.0 Å². The summed E-state index contributed by atoms with van der Waals surface area (Å²) in [5.41, 5.74) is 1.25. The summed E-state index contributed by atoms with van der Waals surface area (Å²) < 4.78 is 6.33. The van der Waals surface area contributed by atoms with E-state index in [4.69, 9.17) is 0 Å². The molecule has 9 nitrogen and oxygen atoms in total. The fourth-order valence-corrected chi connectivity index (χ4v) is 2.15. The Morgan fingerprint density at radius 2 is 2.04 bits per heavy atom. The maximum Gasteiger partial charge on any atom is 0.328 e. The van der Waals surface area contributed by atoms with Gasteiger partial charge in [-0.25, -0.2) is 9.78 Å². The number of esters is 1. The van der Waals surface area contributed by atoms with Gasteiger partial charge in [0, 0.05) is 37.4 Å². The molecular weight excluding hydrogens is 316 g/mol. The van der Waals surface area contributed by atoms with Crippen molar-refractivity contribution in [2.45, 2.75) is 19.4 Å². The first-order chi connectivity index (χ1) is 11.4. The summed E-state index contributed by atoms with van der Waals surface area (Å²) in [6.07, 6.45) is 3.38. The predicted octanol–water partition coefficient (Wildman–Crippen LogP) is 1.00. The molecule has 1 amide bonds. The number of non-ortho nitro benzene ring substituents is 1. The Balaban J connectivity index is 2.15. The normalized spacial score (nSPS) is 11.6. The number of nitrogens with one attached hydrogen (secondary N) is 1. The molecule has 0 aliphatic heterocycles. The van der Waals surface area contributed by atoms with Crippen molar-refractivity contribution in [3.63, 3.8) is 0 Å². The smallest absolute Gasteiger partial charge is 0.328 e. The Morgan fingerprint density at radius 3 is 2.58 bits per heavy atom. The third kappa shape index (κ3) is 4.15. The minimum Gasteiger partial charge on any atom is -0.467 e. The molecular formula is C15H16N4O5. The molecule has 126 valence electrons. The summed E-state index contributed by atoms with van der Waals surface area (Å²) in [5.74, 6) is -0.907. The van der Waals surface area contributed by atoms with Crippen molar-refractivity contribution in [3.8, 4) is 5.69 Å². The average molecular weight is 332 g/mol. The Bertz CT molecular complexity index is 753. The van der Waals surface area contributed by atoms with Crippen molar-refractivity contribution < 1.29 is 19.2 Å². The van der Waals surface area contributed by atoms with Gasteiger partial charge in [-0.05, 0) is 12.1 Å².